The molecule has 10 nitrogen and oxygen atoms in total. The van der Waals surface area contributed by atoms with Gasteiger partial charge in [0.1, 0.15) is 16.9 Å². The number of nitrogens with zero attached hydrogens (tertiary/aromatic N) is 3. The van der Waals surface area contributed by atoms with Crippen LogP contribution in [0.15, 0.2) is 18.2 Å². The van der Waals surface area contributed by atoms with E-state index in [2.05, 4.69) is 20.2 Å². The molecule has 3 aromatic heterocycles. The summed E-state index contributed by atoms with van der Waals surface area (Å²) in [5.74, 6) is -4.05. The lowest BCUT2D eigenvalue weighted by Gasteiger charge is -2.09. The smallest absolute Gasteiger partial charge is 0.354 e. The summed E-state index contributed by atoms with van der Waals surface area (Å²) in [5.41, 5.74) is 0.0478. The number of benzene rings is 1. The summed E-state index contributed by atoms with van der Waals surface area (Å²) in [6.07, 6.45) is 0. The highest BCUT2D eigenvalue weighted by Crippen LogP contribution is 2.35. The number of carbonyl (C=O) groups is 3. The average Bonchev–Trinajstić information content (AvgIpc) is 3.06. The maximum Gasteiger partial charge on any atom is 0.354 e. The second-order valence-electron chi connectivity index (χ2n) is 5.91. The van der Waals surface area contributed by atoms with Crippen LogP contribution in [0.4, 0.5) is 0 Å². The first-order chi connectivity index (χ1) is 12.8. The normalized spacial score (nSPS) is 11.3. The molecule has 0 radical (unpaired) electrons. The van der Waals surface area contributed by atoms with Crippen molar-refractivity contribution >= 4 is 50.6 Å². The standard InChI is InChI=1S/C17H10N4O6/c1-5-2-7-12(21-20-5)8-4-10(17(26)27)19-14(8)11-6(15(22)23)3-9(16(24)25)18-13(7)11/h2-4,20H,1H3,(H,22,23)(H,24,25)(H,26,27). The Morgan fingerprint density at radius 2 is 1.37 bits per heavy atom. The van der Waals surface area contributed by atoms with Gasteiger partial charge in [0, 0.05) is 21.9 Å². The number of aromatic amines is 1. The number of rotatable bonds is 3. The molecule has 0 amide bonds. The van der Waals surface area contributed by atoms with E-state index >= 15 is 0 Å². The van der Waals surface area contributed by atoms with E-state index in [0.29, 0.717) is 22.0 Å². The van der Waals surface area contributed by atoms with Crippen LogP contribution in [0.5, 0.6) is 0 Å². The van der Waals surface area contributed by atoms with Crippen LogP contribution in [0.25, 0.3) is 32.7 Å². The van der Waals surface area contributed by atoms with Crippen molar-refractivity contribution in [2.45, 2.75) is 6.92 Å². The third kappa shape index (κ3) is 2.34. The summed E-state index contributed by atoms with van der Waals surface area (Å²) in [5, 5.41) is 35.9. The lowest BCUT2D eigenvalue weighted by Crippen LogP contribution is -2.07. The van der Waals surface area contributed by atoms with Crippen molar-refractivity contribution in [2.24, 2.45) is 0 Å². The van der Waals surface area contributed by atoms with Crippen molar-refractivity contribution in [2.75, 3.05) is 0 Å². The molecule has 4 N–H and O–H groups in total. The summed E-state index contributed by atoms with van der Waals surface area (Å²) < 4.78 is 0. The SMILES string of the molecule is Cc1cc2c(n[nH]1)c1cc(C(=O)O)nc1c1c(C(=O)O)cc(C(=O)O)nc21. The first kappa shape index (κ1) is 16.4. The molecule has 0 unspecified atom stereocenters. The lowest BCUT2D eigenvalue weighted by atomic mass is 10.0. The summed E-state index contributed by atoms with van der Waals surface area (Å²) in [4.78, 5) is 42.7. The monoisotopic (exact) mass is 366 g/mol. The molecule has 0 atom stereocenters. The molecular weight excluding hydrogens is 356 g/mol. The van der Waals surface area contributed by atoms with E-state index in [1.807, 2.05) is 0 Å². The third-order valence-corrected chi connectivity index (χ3v) is 4.16. The molecule has 0 fully saturated rings. The van der Waals surface area contributed by atoms with Gasteiger partial charge in [0.25, 0.3) is 0 Å². The quantitative estimate of drug-likeness (QED) is 0.397. The van der Waals surface area contributed by atoms with Gasteiger partial charge in [-0.1, -0.05) is 0 Å². The van der Waals surface area contributed by atoms with Crippen molar-refractivity contribution in [3.05, 3.63) is 40.8 Å². The number of carboxylic acids is 3. The van der Waals surface area contributed by atoms with Crippen LogP contribution in [0.2, 0.25) is 0 Å². The van der Waals surface area contributed by atoms with Crippen molar-refractivity contribution in [3.63, 3.8) is 0 Å². The van der Waals surface area contributed by atoms with E-state index in [1.165, 1.54) is 6.07 Å². The number of H-pyrrole nitrogens is 1. The van der Waals surface area contributed by atoms with Gasteiger partial charge in [-0.05, 0) is 25.1 Å². The predicted molar refractivity (Wildman–Crippen MR) is 92.3 cm³/mol. The summed E-state index contributed by atoms with van der Waals surface area (Å²) >= 11 is 0. The minimum absolute atomic E-state index is 0.0647. The number of hydrogen-bond donors (Lipinski definition) is 4. The van der Waals surface area contributed by atoms with Gasteiger partial charge in [-0.3, -0.25) is 5.10 Å². The fourth-order valence-electron chi connectivity index (χ4n) is 3.06. The highest BCUT2D eigenvalue weighted by atomic mass is 16.4. The molecule has 0 bridgehead atoms. The summed E-state index contributed by atoms with van der Waals surface area (Å²) in [7, 11) is 0. The minimum Gasteiger partial charge on any atom is -0.478 e. The van der Waals surface area contributed by atoms with E-state index < -0.39 is 23.6 Å². The predicted octanol–water partition coefficient (Wildman–Crippen LogP) is 2.06. The Hall–Kier alpha value is -4.08. The molecule has 0 aliphatic rings. The number of pyridine rings is 1. The van der Waals surface area contributed by atoms with Gasteiger partial charge >= 0.3 is 17.9 Å². The zero-order valence-electron chi connectivity index (χ0n) is 13.6. The van der Waals surface area contributed by atoms with Gasteiger partial charge in [0.2, 0.25) is 0 Å². The van der Waals surface area contributed by atoms with E-state index in [0.717, 1.165) is 6.07 Å². The van der Waals surface area contributed by atoms with Crippen LogP contribution < -0.4 is 0 Å². The van der Waals surface area contributed by atoms with Crippen LogP contribution in [0.3, 0.4) is 0 Å². The number of nitrogens with one attached hydrogen (secondary N) is 1. The van der Waals surface area contributed by atoms with Crippen molar-refractivity contribution < 1.29 is 29.7 Å². The molecule has 0 aliphatic heterocycles. The molecule has 0 spiro atoms. The highest BCUT2D eigenvalue weighted by Gasteiger charge is 2.24. The van der Waals surface area contributed by atoms with Crippen molar-refractivity contribution in [3.8, 4) is 0 Å². The minimum atomic E-state index is -1.39. The van der Waals surface area contributed by atoms with Crippen LogP contribution in [0, 0.1) is 6.92 Å². The van der Waals surface area contributed by atoms with Crippen molar-refractivity contribution in [1.82, 2.24) is 20.2 Å². The number of carboxylic acid groups (broad SMARTS) is 3. The Morgan fingerprint density at radius 3 is 1.93 bits per heavy atom. The molecule has 4 aromatic rings. The second kappa shape index (κ2) is 5.46. The van der Waals surface area contributed by atoms with Gasteiger partial charge in [0.05, 0.1) is 16.6 Å². The van der Waals surface area contributed by atoms with Gasteiger partial charge in [0.15, 0.2) is 0 Å². The van der Waals surface area contributed by atoms with Gasteiger partial charge in [-0.15, -0.1) is 0 Å². The maximum atomic E-state index is 11.8. The molecule has 10 heteroatoms. The van der Waals surface area contributed by atoms with Crippen molar-refractivity contribution in [1.29, 1.82) is 0 Å². The number of hydrogen-bond acceptors (Lipinski definition) is 6. The van der Waals surface area contributed by atoms with Crippen LogP contribution >= 0.6 is 0 Å². The Balaban J connectivity index is 2.37. The van der Waals surface area contributed by atoms with Gasteiger partial charge in [-0.25, -0.2) is 24.4 Å². The maximum absolute atomic E-state index is 11.8. The Labute approximate surface area is 149 Å². The first-order valence-electron chi connectivity index (χ1n) is 7.61. The van der Waals surface area contributed by atoms with Gasteiger partial charge < -0.3 is 15.3 Å². The molecule has 27 heavy (non-hydrogen) atoms. The molecular formula is C17H10N4O6. The average molecular weight is 366 g/mol. The number of fused-ring (bicyclic) bond motifs is 6. The van der Waals surface area contributed by atoms with Crippen LogP contribution in [-0.4, -0.2) is 53.4 Å². The fourth-order valence-corrected chi connectivity index (χ4v) is 3.06. The highest BCUT2D eigenvalue weighted by molar-refractivity contribution is 6.27. The molecule has 0 saturated carbocycles. The zero-order chi connectivity index (χ0) is 19.5. The summed E-state index contributed by atoms with van der Waals surface area (Å²) in [6, 6.07) is 3.87. The third-order valence-electron chi connectivity index (χ3n) is 4.16. The number of aromatic carboxylic acids is 3. The number of aryl methyl sites for hydroxylation is 1. The Kier molecular flexibility index (Phi) is 3.31. The van der Waals surface area contributed by atoms with E-state index in [4.69, 9.17) is 0 Å². The zero-order valence-corrected chi connectivity index (χ0v) is 13.6. The van der Waals surface area contributed by atoms with Crippen LogP contribution in [0.1, 0.15) is 37.0 Å². The molecule has 1 aromatic carbocycles. The Morgan fingerprint density at radius 1 is 0.815 bits per heavy atom. The molecule has 3 heterocycles. The second-order valence-corrected chi connectivity index (χ2v) is 5.91. The fraction of sp³-hybridized carbons (Fsp3) is 0.0588. The summed E-state index contributed by atoms with van der Waals surface area (Å²) in [6.45, 7) is 1.72. The lowest BCUT2D eigenvalue weighted by molar-refractivity contribution is 0.0678. The van der Waals surface area contributed by atoms with Crippen LogP contribution in [-0.2, 0) is 0 Å². The van der Waals surface area contributed by atoms with E-state index in [-0.39, 0.29) is 27.7 Å². The molecule has 0 aliphatic carbocycles. The topological polar surface area (TPSA) is 166 Å². The van der Waals surface area contributed by atoms with E-state index in [1.54, 1.807) is 13.0 Å². The Bertz CT molecular complexity index is 1320. The largest absolute Gasteiger partial charge is 0.478 e. The van der Waals surface area contributed by atoms with Gasteiger partial charge in [-0.2, -0.15) is 5.10 Å². The van der Waals surface area contributed by atoms with E-state index in [9.17, 15) is 29.7 Å². The molecule has 4 rings (SSSR count). The first-order valence-corrected chi connectivity index (χ1v) is 7.61. The number of aromatic nitrogens is 4. The molecule has 134 valence electrons. The molecule has 0 saturated heterocycles.